The molecule has 0 saturated carbocycles. The smallest absolute Gasteiger partial charge is 0.253 e. The van der Waals surface area contributed by atoms with Crippen molar-refractivity contribution in [2.45, 2.75) is 32.7 Å². The maximum absolute atomic E-state index is 12.2. The molecule has 0 aliphatic carbocycles. The molecule has 126 valence electrons. The summed E-state index contributed by atoms with van der Waals surface area (Å²) in [5.74, 6) is -0.355. The van der Waals surface area contributed by atoms with Crippen LogP contribution in [0.3, 0.4) is 0 Å². The van der Waals surface area contributed by atoms with Crippen molar-refractivity contribution in [2.24, 2.45) is 0 Å². The minimum Gasteiger partial charge on any atom is -0.350 e. The Morgan fingerprint density at radius 2 is 1.71 bits per heavy atom. The Kier molecular flexibility index (Phi) is 6.38. The number of rotatable bonds is 6. The van der Waals surface area contributed by atoms with E-state index in [2.05, 4.69) is 10.6 Å². The molecule has 2 rings (SSSR count). The van der Waals surface area contributed by atoms with Crippen LogP contribution in [0.1, 0.15) is 36.2 Å². The Labute approximate surface area is 147 Å². The van der Waals surface area contributed by atoms with Gasteiger partial charge in [-0.05, 0) is 44.0 Å². The van der Waals surface area contributed by atoms with Crippen molar-refractivity contribution >= 4 is 29.1 Å². The Bertz CT molecular complexity index is 729. The van der Waals surface area contributed by atoms with E-state index < -0.39 is 0 Å². The topological polar surface area (TPSA) is 58.2 Å². The highest BCUT2D eigenvalue weighted by Crippen LogP contribution is 2.18. The fourth-order valence-corrected chi connectivity index (χ4v) is 2.52. The molecule has 0 saturated heterocycles. The third-order valence-corrected chi connectivity index (χ3v) is 3.81. The summed E-state index contributed by atoms with van der Waals surface area (Å²) in [6.45, 7) is 3.78. The number of amides is 2. The van der Waals surface area contributed by atoms with Crippen molar-refractivity contribution in [3.63, 3.8) is 0 Å². The van der Waals surface area contributed by atoms with E-state index in [9.17, 15) is 9.59 Å². The van der Waals surface area contributed by atoms with Gasteiger partial charge in [0.05, 0.1) is 11.3 Å². The van der Waals surface area contributed by atoms with Crippen LogP contribution >= 0.6 is 11.6 Å². The van der Waals surface area contributed by atoms with Crippen molar-refractivity contribution in [3.05, 3.63) is 64.7 Å². The summed E-state index contributed by atoms with van der Waals surface area (Å²) in [6.07, 6.45) is 0.843. The van der Waals surface area contributed by atoms with Gasteiger partial charge in [-0.1, -0.05) is 41.9 Å². The van der Waals surface area contributed by atoms with Crippen molar-refractivity contribution in [2.75, 3.05) is 5.32 Å². The number of carbonyl (C=O) groups excluding carboxylic acids is 2. The molecule has 0 bridgehead atoms. The lowest BCUT2D eigenvalue weighted by Crippen LogP contribution is -2.31. The summed E-state index contributed by atoms with van der Waals surface area (Å²) in [4.78, 5) is 24.4. The monoisotopic (exact) mass is 344 g/mol. The van der Waals surface area contributed by atoms with Gasteiger partial charge in [-0.25, -0.2) is 0 Å². The third-order valence-electron chi connectivity index (χ3n) is 3.44. The van der Waals surface area contributed by atoms with E-state index in [0.29, 0.717) is 29.1 Å². The zero-order valence-corrected chi connectivity index (χ0v) is 14.6. The first-order valence-electron chi connectivity index (χ1n) is 7.90. The molecule has 0 spiro atoms. The van der Waals surface area contributed by atoms with Crippen LogP contribution in [0, 0.1) is 0 Å². The van der Waals surface area contributed by atoms with Gasteiger partial charge in [0.1, 0.15) is 0 Å². The Morgan fingerprint density at radius 3 is 2.42 bits per heavy atom. The van der Waals surface area contributed by atoms with Gasteiger partial charge in [0.25, 0.3) is 5.91 Å². The number of benzene rings is 2. The van der Waals surface area contributed by atoms with Gasteiger partial charge < -0.3 is 10.6 Å². The summed E-state index contributed by atoms with van der Waals surface area (Å²) in [5.41, 5.74) is 1.90. The summed E-state index contributed by atoms with van der Waals surface area (Å²) in [7, 11) is 0. The Hall–Kier alpha value is -2.33. The maximum Gasteiger partial charge on any atom is 0.253 e. The molecule has 0 aliphatic rings. The zero-order chi connectivity index (χ0) is 17.5. The number of hydrogen-bond donors (Lipinski definition) is 2. The molecule has 2 N–H and O–H groups in total. The van der Waals surface area contributed by atoms with Gasteiger partial charge >= 0.3 is 0 Å². The number of anilines is 1. The predicted octanol–water partition coefficient (Wildman–Crippen LogP) is 4.05. The lowest BCUT2D eigenvalue weighted by Gasteiger charge is -2.13. The molecule has 2 amide bonds. The standard InChI is InChI=1S/C19H21ClN2O2/c1-13(2)21-19(24)15-8-4-6-10-17(15)22-18(23)12-11-14-7-3-5-9-16(14)20/h3-10,13H,11-12H2,1-2H3,(H,21,24)(H,22,23). The minimum absolute atomic E-state index is 0.0291. The Morgan fingerprint density at radius 1 is 1.04 bits per heavy atom. The molecule has 0 aliphatic heterocycles. The number of para-hydroxylation sites is 1. The molecule has 5 heteroatoms. The van der Waals surface area contributed by atoms with Crippen molar-refractivity contribution in [3.8, 4) is 0 Å². The van der Waals surface area contributed by atoms with E-state index in [4.69, 9.17) is 11.6 Å². The molecule has 0 unspecified atom stereocenters. The molecular weight excluding hydrogens is 324 g/mol. The third kappa shape index (κ3) is 5.10. The van der Waals surface area contributed by atoms with Crippen LogP contribution in [0.25, 0.3) is 0 Å². The molecule has 4 nitrogen and oxygen atoms in total. The highest BCUT2D eigenvalue weighted by Gasteiger charge is 2.14. The predicted molar refractivity (Wildman–Crippen MR) is 97.4 cm³/mol. The second kappa shape index (κ2) is 8.50. The molecule has 2 aromatic carbocycles. The SMILES string of the molecule is CC(C)NC(=O)c1ccccc1NC(=O)CCc1ccccc1Cl. The van der Waals surface area contributed by atoms with Gasteiger partial charge in [-0.15, -0.1) is 0 Å². The van der Waals surface area contributed by atoms with E-state index in [-0.39, 0.29) is 17.9 Å². The van der Waals surface area contributed by atoms with Gasteiger partial charge in [-0.2, -0.15) is 0 Å². The van der Waals surface area contributed by atoms with Crippen LogP contribution in [-0.2, 0) is 11.2 Å². The summed E-state index contributed by atoms with van der Waals surface area (Å²) in [6, 6.07) is 14.5. The molecule has 0 heterocycles. The van der Waals surface area contributed by atoms with E-state index in [1.807, 2.05) is 32.0 Å². The van der Waals surface area contributed by atoms with Crippen molar-refractivity contribution in [1.82, 2.24) is 5.32 Å². The number of aryl methyl sites for hydroxylation is 1. The first-order valence-corrected chi connectivity index (χ1v) is 8.28. The molecule has 0 fully saturated rings. The number of nitrogens with one attached hydrogen (secondary N) is 2. The first kappa shape index (κ1) is 18.0. The van der Waals surface area contributed by atoms with Crippen LogP contribution in [0.5, 0.6) is 0 Å². The average molecular weight is 345 g/mol. The van der Waals surface area contributed by atoms with Crippen LogP contribution < -0.4 is 10.6 Å². The maximum atomic E-state index is 12.2. The van der Waals surface area contributed by atoms with Gasteiger partial charge in [0.15, 0.2) is 0 Å². The lowest BCUT2D eigenvalue weighted by atomic mass is 10.1. The summed E-state index contributed by atoms with van der Waals surface area (Å²) in [5, 5.41) is 6.30. The second-order valence-electron chi connectivity index (χ2n) is 5.81. The number of hydrogen-bond acceptors (Lipinski definition) is 2. The van der Waals surface area contributed by atoms with Crippen LogP contribution in [0.2, 0.25) is 5.02 Å². The van der Waals surface area contributed by atoms with Crippen LogP contribution in [0.4, 0.5) is 5.69 Å². The molecule has 2 aromatic rings. The normalized spacial score (nSPS) is 10.5. The van der Waals surface area contributed by atoms with Gasteiger partial charge in [0, 0.05) is 17.5 Å². The highest BCUT2D eigenvalue weighted by molar-refractivity contribution is 6.31. The van der Waals surface area contributed by atoms with Crippen molar-refractivity contribution in [1.29, 1.82) is 0 Å². The van der Waals surface area contributed by atoms with E-state index in [1.54, 1.807) is 30.3 Å². The van der Waals surface area contributed by atoms with Crippen molar-refractivity contribution < 1.29 is 9.59 Å². The fourth-order valence-electron chi connectivity index (χ4n) is 2.29. The van der Waals surface area contributed by atoms with Gasteiger partial charge in [0.2, 0.25) is 5.91 Å². The van der Waals surface area contributed by atoms with E-state index in [1.165, 1.54) is 0 Å². The quantitative estimate of drug-likeness (QED) is 0.830. The van der Waals surface area contributed by atoms with Crippen LogP contribution in [0.15, 0.2) is 48.5 Å². The summed E-state index contributed by atoms with van der Waals surface area (Å²) < 4.78 is 0. The zero-order valence-electron chi connectivity index (χ0n) is 13.8. The summed E-state index contributed by atoms with van der Waals surface area (Å²) >= 11 is 6.10. The minimum atomic E-state index is -0.202. The molecule has 0 atom stereocenters. The highest BCUT2D eigenvalue weighted by atomic mass is 35.5. The largest absolute Gasteiger partial charge is 0.350 e. The van der Waals surface area contributed by atoms with Gasteiger partial charge in [-0.3, -0.25) is 9.59 Å². The average Bonchev–Trinajstić information content (AvgIpc) is 2.54. The second-order valence-corrected chi connectivity index (χ2v) is 6.22. The number of carbonyl (C=O) groups is 2. The molecular formula is C19H21ClN2O2. The first-order chi connectivity index (χ1) is 11.5. The number of halogens is 1. The Balaban J connectivity index is 2.01. The van der Waals surface area contributed by atoms with Crippen LogP contribution in [-0.4, -0.2) is 17.9 Å². The lowest BCUT2D eigenvalue weighted by molar-refractivity contribution is -0.116. The van der Waals surface area contributed by atoms with E-state index in [0.717, 1.165) is 5.56 Å². The fraction of sp³-hybridized carbons (Fsp3) is 0.263. The van der Waals surface area contributed by atoms with E-state index >= 15 is 0 Å². The molecule has 24 heavy (non-hydrogen) atoms. The molecule has 0 radical (unpaired) electrons. The molecule has 0 aromatic heterocycles.